The Hall–Kier alpha value is -2.69. The van der Waals surface area contributed by atoms with Crippen LogP contribution in [-0.4, -0.2) is 57.7 Å². The van der Waals surface area contributed by atoms with Gasteiger partial charge in [-0.15, -0.1) is 24.0 Å². The van der Waals surface area contributed by atoms with E-state index in [0.29, 0.717) is 32.3 Å². The molecule has 0 spiro atoms. The van der Waals surface area contributed by atoms with Crippen LogP contribution in [0.25, 0.3) is 0 Å². The second-order valence-corrected chi connectivity index (χ2v) is 7.30. The molecule has 0 saturated carbocycles. The Labute approximate surface area is 206 Å². The smallest absolute Gasteiger partial charge is 0.241 e. The van der Waals surface area contributed by atoms with Gasteiger partial charge in [0.15, 0.2) is 17.5 Å². The van der Waals surface area contributed by atoms with E-state index in [9.17, 15) is 4.79 Å². The molecule has 1 aliphatic heterocycles. The lowest BCUT2D eigenvalue weighted by Gasteiger charge is -2.17. The molecule has 1 aliphatic rings. The quantitative estimate of drug-likeness (QED) is 0.311. The van der Waals surface area contributed by atoms with E-state index >= 15 is 0 Å². The summed E-state index contributed by atoms with van der Waals surface area (Å²) in [5.74, 6) is 2.81. The minimum absolute atomic E-state index is 0. The van der Waals surface area contributed by atoms with Crippen LogP contribution in [0, 0.1) is 0 Å². The van der Waals surface area contributed by atoms with Crippen molar-refractivity contribution in [3.8, 4) is 17.2 Å². The third-order valence-corrected chi connectivity index (χ3v) is 4.78. The van der Waals surface area contributed by atoms with Crippen LogP contribution in [0.4, 0.5) is 0 Å². The standard InChI is InChI=1S/C23H30N4O4.HI/c1-27(2)21(28)16-26-23(24-14-17-8-10-19(29-3)11-9-17)25-15-18-6-4-7-20-22(18)31-13-5-12-30-20;/h4,6-11H,5,12-16H2,1-3H3,(H2,24,25,26);1H. The van der Waals surface area contributed by atoms with Gasteiger partial charge in [-0.2, -0.15) is 0 Å². The molecule has 0 bridgehead atoms. The normalized spacial score (nSPS) is 12.8. The molecule has 174 valence electrons. The van der Waals surface area contributed by atoms with Crippen molar-refractivity contribution in [1.29, 1.82) is 0 Å². The number of rotatable bonds is 7. The number of nitrogens with one attached hydrogen (secondary N) is 2. The lowest BCUT2D eigenvalue weighted by atomic mass is 10.2. The Morgan fingerprint density at radius 1 is 1.09 bits per heavy atom. The van der Waals surface area contributed by atoms with Crippen LogP contribution < -0.4 is 24.8 Å². The first-order valence-electron chi connectivity index (χ1n) is 10.3. The first kappa shape index (κ1) is 25.6. The van der Waals surface area contributed by atoms with Gasteiger partial charge in [0, 0.05) is 32.6 Å². The van der Waals surface area contributed by atoms with Crippen molar-refractivity contribution in [3.63, 3.8) is 0 Å². The number of methoxy groups -OCH3 is 1. The third kappa shape index (κ3) is 7.47. The summed E-state index contributed by atoms with van der Waals surface area (Å²) in [6.07, 6.45) is 0.852. The molecular formula is C23H31IN4O4. The molecule has 0 radical (unpaired) electrons. The van der Waals surface area contributed by atoms with Crippen molar-refractivity contribution >= 4 is 35.8 Å². The molecule has 0 fully saturated rings. The Morgan fingerprint density at radius 3 is 2.56 bits per heavy atom. The Kier molecular flexibility index (Phi) is 10.4. The van der Waals surface area contributed by atoms with Gasteiger partial charge >= 0.3 is 0 Å². The van der Waals surface area contributed by atoms with Crippen molar-refractivity contribution in [2.75, 3.05) is 41.0 Å². The molecule has 9 heteroatoms. The van der Waals surface area contributed by atoms with E-state index in [2.05, 4.69) is 15.6 Å². The second-order valence-electron chi connectivity index (χ2n) is 7.30. The zero-order valence-electron chi connectivity index (χ0n) is 18.7. The first-order valence-corrected chi connectivity index (χ1v) is 10.3. The number of carbonyl (C=O) groups is 1. The number of likely N-dealkylation sites (N-methyl/N-ethyl adjacent to an activating group) is 1. The number of carbonyl (C=O) groups excluding carboxylic acids is 1. The molecule has 1 amide bonds. The molecule has 0 aromatic heterocycles. The molecular weight excluding hydrogens is 523 g/mol. The monoisotopic (exact) mass is 554 g/mol. The van der Waals surface area contributed by atoms with Crippen LogP contribution >= 0.6 is 24.0 Å². The molecule has 8 nitrogen and oxygen atoms in total. The maximum absolute atomic E-state index is 12.0. The van der Waals surface area contributed by atoms with Gasteiger partial charge in [0.05, 0.1) is 33.4 Å². The fourth-order valence-electron chi connectivity index (χ4n) is 2.97. The number of fused-ring (bicyclic) bond motifs is 1. The largest absolute Gasteiger partial charge is 0.497 e. The predicted octanol–water partition coefficient (Wildman–Crippen LogP) is 2.80. The van der Waals surface area contributed by atoms with Gasteiger partial charge in [0.1, 0.15) is 5.75 Å². The van der Waals surface area contributed by atoms with Crippen molar-refractivity contribution < 1.29 is 19.0 Å². The lowest BCUT2D eigenvalue weighted by Crippen LogP contribution is -2.42. The molecule has 0 atom stereocenters. The van der Waals surface area contributed by atoms with E-state index in [1.54, 1.807) is 21.2 Å². The fraction of sp³-hybridized carbons (Fsp3) is 0.391. The number of amides is 1. The van der Waals surface area contributed by atoms with Gasteiger partial charge < -0.3 is 29.7 Å². The maximum Gasteiger partial charge on any atom is 0.241 e. The van der Waals surface area contributed by atoms with E-state index in [-0.39, 0.29) is 36.4 Å². The summed E-state index contributed by atoms with van der Waals surface area (Å²) in [5, 5.41) is 6.41. The third-order valence-electron chi connectivity index (χ3n) is 4.78. The summed E-state index contributed by atoms with van der Waals surface area (Å²) in [6.45, 7) is 2.36. The van der Waals surface area contributed by atoms with E-state index in [4.69, 9.17) is 14.2 Å². The molecule has 0 aliphatic carbocycles. The first-order chi connectivity index (χ1) is 15.1. The van der Waals surface area contributed by atoms with Gasteiger partial charge in [-0.05, 0) is 23.8 Å². The molecule has 0 saturated heterocycles. The molecule has 32 heavy (non-hydrogen) atoms. The van der Waals surface area contributed by atoms with Gasteiger partial charge in [-0.25, -0.2) is 4.99 Å². The predicted molar refractivity (Wildman–Crippen MR) is 135 cm³/mol. The zero-order valence-corrected chi connectivity index (χ0v) is 21.1. The second kappa shape index (κ2) is 13.0. The van der Waals surface area contributed by atoms with Gasteiger partial charge in [0.2, 0.25) is 5.91 Å². The van der Waals surface area contributed by atoms with Gasteiger partial charge in [-0.3, -0.25) is 4.79 Å². The summed E-state index contributed by atoms with van der Waals surface area (Å²) in [4.78, 5) is 18.2. The van der Waals surface area contributed by atoms with E-state index in [1.165, 1.54) is 4.90 Å². The van der Waals surface area contributed by atoms with Crippen molar-refractivity contribution in [3.05, 3.63) is 53.6 Å². The fourth-order valence-corrected chi connectivity index (χ4v) is 2.97. The molecule has 2 aromatic carbocycles. The van der Waals surface area contributed by atoms with Crippen LogP contribution in [0.1, 0.15) is 17.5 Å². The molecule has 1 heterocycles. The van der Waals surface area contributed by atoms with Crippen LogP contribution in [0.5, 0.6) is 17.2 Å². The molecule has 3 rings (SSSR count). The Morgan fingerprint density at radius 2 is 1.84 bits per heavy atom. The maximum atomic E-state index is 12.0. The Balaban J connectivity index is 0.00000363. The highest BCUT2D eigenvalue weighted by atomic mass is 127. The number of halogens is 1. The van der Waals surface area contributed by atoms with Crippen LogP contribution in [0.3, 0.4) is 0 Å². The number of aliphatic imine (C=N–C) groups is 1. The minimum atomic E-state index is -0.0377. The van der Waals surface area contributed by atoms with Crippen molar-refractivity contribution in [2.45, 2.75) is 19.5 Å². The highest BCUT2D eigenvalue weighted by Crippen LogP contribution is 2.33. The molecule has 2 aromatic rings. The Bertz CT molecular complexity index is 903. The van der Waals surface area contributed by atoms with E-state index in [0.717, 1.165) is 34.8 Å². The number of nitrogens with zero attached hydrogens (tertiary/aromatic N) is 2. The van der Waals surface area contributed by atoms with Crippen LogP contribution in [-0.2, 0) is 17.9 Å². The highest BCUT2D eigenvalue weighted by Gasteiger charge is 2.15. The van der Waals surface area contributed by atoms with Gasteiger partial charge in [0.25, 0.3) is 0 Å². The number of guanidine groups is 1. The van der Waals surface area contributed by atoms with Crippen molar-refractivity contribution in [2.24, 2.45) is 4.99 Å². The van der Waals surface area contributed by atoms with E-state index in [1.807, 2.05) is 42.5 Å². The van der Waals surface area contributed by atoms with Gasteiger partial charge in [-0.1, -0.05) is 24.3 Å². The highest BCUT2D eigenvalue weighted by molar-refractivity contribution is 14.0. The molecule has 0 unspecified atom stereocenters. The number of ether oxygens (including phenoxy) is 3. The summed E-state index contributed by atoms with van der Waals surface area (Å²) in [6, 6.07) is 13.6. The van der Waals surface area contributed by atoms with Crippen molar-refractivity contribution in [1.82, 2.24) is 15.5 Å². The minimum Gasteiger partial charge on any atom is -0.497 e. The van der Waals surface area contributed by atoms with Crippen LogP contribution in [0.15, 0.2) is 47.5 Å². The number of hydrogen-bond donors (Lipinski definition) is 2. The SMILES string of the molecule is COc1ccc(CN=C(NCC(=O)N(C)C)NCc2cccc3c2OCCCO3)cc1.I. The summed E-state index contributed by atoms with van der Waals surface area (Å²) in [5.41, 5.74) is 2.00. The van der Waals surface area contributed by atoms with E-state index < -0.39 is 0 Å². The summed E-state index contributed by atoms with van der Waals surface area (Å²) in [7, 11) is 5.09. The average Bonchev–Trinajstić information content (AvgIpc) is 3.04. The van der Waals surface area contributed by atoms with Crippen LogP contribution in [0.2, 0.25) is 0 Å². The average molecular weight is 554 g/mol. The number of hydrogen-bond acceptors (Lipinski definition) is 5. The topological polar surface area (TPSA) is 84.4 Å². The summed E-state index contributed by atoms with van der Waals surface area (Å²) >= 11 is 0. The number of benzene rings is 2. The zero-order chi connectivity index (χ0) is 22.1. The summed E-state index contributed by atoms with van der Waals surface area (Å²) < 4.78 is 16.9. The molecule has 2 N–H and O–H groups in total. The number of para-hydroxylation sites is 1. The lowest BCUT2D eigenvalue weighted by molar-refractivity contribution is -0.127.